The highest BCUT2D eigenvalue weighted by Gasteiger charge is 2.31. The van der Waals surface area contributed by atoms with E-state index in [4.69, 9.17) is 0 Å². The number of para-hydroxylation sites is 1. The van der Waals surface area contributed by atoms with Gasteiger partial charge < -0.3 is 15.4 Å². The van der Waals surface area contributed by atoms with Crippen LogP contribution in [-0.2, 0) is 11.3 Å². The molecule has 0 heterocycles. The molecular formula is C14H19F3N2O2. The van der Waals surface area contributed by atoms with Crippen molar-refractivity contribution in [1.29, 1.82) is 0 Å². The third kappa shape index (κ3) is 7.55. The highest BCUT2D eigenvalue weighted by molar-refractivity contribution is 5.78. The Balaban J connectivity index is 2.57. The Labute approximate surface area is 121 Å². The van der Waals surface area contributed by atoms with Gasteiger partial charge in [0.15, 0.2) is 0 Å². The zero-order valence-corrected chi connectivity index (χ0v) is 12.2. The van der Waals surface area contributed by atoms with Crippen molar-refractivity contribution >= 4 is 5.91 Å². The maximum absolute atomic E-state index is 12.3. The average Bonchev–Trinajstić information content (AvgIpc) is 2.32. The van der Waals surface area contributed by atoms with Crippen molar-refractivity contribution in [2.75, 3.05) is 6.54 Å². The first-order valence-electron chi connectivity index (χ1n) is 6.42. The Morgan fingerprint density at radius 3 is 2.38 bits per heavy atom. The van der Waals surface area contributed by atoms with Crippen LogP contribution in [-0.4, -0.2) is 24.4 Å². The van der Waals surface area contributed by atoms with Gasteiger partial charge in [-0.3, -0.25) is 4.79 Å². The van der Waals surface area contributed by atoms with E-state index in [2.05, 4.69) is 15.4 Å². The van der Waals surface area contributed by atoms with E-state index in [-0.39, 0.29) is 35.8 Å². The zero-order chi connectivity index (χ0) is 16.1. The second-order valence-corrected chi connectivity index (χ2v) is 5.54. The van der Waals surface area contributed by atoms with Crippen LogP contribution in [0.4, 0.5) is 13.2 Å². The second kappa shape index (κ2) is 6.80. The van der Waals surface area contributed by atoms with E-state index in [0.29, 0.717) is 0 Å². The number of rotatable bonds is 5. The van der Waals surface area contributed by atoms with Crippen LogP contribution in [0.2, 0.25) is 0 Å². The number of benzene rings is 1. The highest BCUT2D eigenvalue weighted by atomic mass is 19.4. The Bertz CT molecular complexity index is 482. The molecule has 0 fully saturated rings. The molecule has 4 nitrogen and oxygen atoms in total. The molecule has 118 valence electrons. The monoisotopic (exact) mass is 304 g/mol. The molecule has 0 aliphatic heterocycles. The van der Waals surface area contributed by atoms with Gasteiger partial charge in [0, 0.05) is 17.6 Å². The van der Waals surface area contributed by atoms with Crippen LogP contribution in [0, 0.1) is 0 Å². The fraction of sp³-hybridized carbons (Fsp3) is 0.500. The maximum atomic E-state index is 12.3. The summed E-state index contributed by atoms with van der Waals surface area (Å²) in [5.74, 6) is -0.610. The molecule has 0 radical (unpaired) electrons. The molecule has 1 aromatic rings. The zero-order valence-electron chi connectivity index (χ0n) is 12.2. The minimum Gasteiger partial charge on any atom is -0.405 e. The van der Waals surface area contributed by atoms with Gasteiger partial charge in [0.05, 0.1) is 6.54 Å². The third-order valence-electron chi connectivity index (χ3n) is 2.45. The first kappa shape index (κ1) is 17.3. The van der Waals surface area contributed by atoms with Gasteiger partial charge in [0.1, 0.15) is 5.75 Å². The predicted octanol–water partition coefficient (Wildman–Crippen LogP) is 2.59. The van der Waals surface area contributed by atoms with Gasteiger partial charge >= 0.3 is 6.36 Å². The van der Waals surface area contributed by atoms with Gasteiger partial charge in [0.2, 0.25) is 5.91 Å². The van der Waals surface area contributed by atoms with Crippen molar-refractivity contribution in [2.24, 2.45) is 0 Å². The molecule has 7 heteroatoms. The summed E-state index contributed by atoms with van der Waals surface area (Å²) in [7, 11) is 0. The van der Waals surface area contributed by atoms with Crippen LogP contribution in [0.1, 0.15) is 26.3 Å². The highest BCUT2D eigenvalue weighted by Crippen LogP contribution is 2.25. The van der Waals surface area contributed by atoms with E-state index in [1.807, 2.05) is 20.8 Å². The van der Waals surface area contributed by atoms with Crippen molar-refractivity contribution in [3.05, 3.63) is 29.8 Å². The van der Waals surface area contributed by atoms with Gasteiger partial charge in [-0.05, 0) is 26.8 Å². The molecule has 21 heavy (non-hydrogen) atoms. The number of amides is 1. The number of nitrogens with one attached hydrogen (secondary N) is 2. The third-order valence-corrected chi connectivity index (χ3v) is 2.45. The van der Waals surface area contributed by atoms with Crippen molar-refractivity contribution in [1.82, 2.24) is 10.6 Å². The largest absolute Gasteiger partial charge is 0.573 e. The molecule has 1 aromatic carbocycles. The van der Waals surface area contributed by atoms with Gasteiger partial charge in [-0.2, -0.15) is 0 Å². The average molecular weight is 304 g/mol. The lowest BCUT2D eigenvalue weighted by atomic mass is 10.1. The van der Waals surface area contributed by atoms with Gasteiger partial charge in [-0.1, -0.05) is 18.2 Å². The fourth-order valence-electron chi connectivity index (χ4n) is 1.48. The molecule has 0 unspecified atom stereocenters. The minimum absolute atomic E-state index is 0.0308. The van der Waals surface area contributed by atoms with Gasteiger partial charge in [0.25, 0.3) is 0 Å². The number of ether oxygens (including phenoxy) is 1. The second-order valence-electron chi connectivity index (χ2n) is 5.54. The first-order chi connectivity index (χ1) is 9.57. The SMILES string of the molecule is CC(C)(C)NCC(=O)NCc1ccccc1OC(F)(F)F. The lowest BCUT2D eigenvalue weighted by molar-refractivity contribution is -0.274. The fourth-order valence-corrected chi connectivity index (χ4v) is 1.48. The number of hydrogen-bond donors (Lipinski definition) is 2. The molecular weight excluding hydrogens is 285 g/mol. The topological polar surface area (TPSA) is 50.4 Å². The molecule has 2 N–H and O–H groups in total. The Morgan fingerprint density at radius 1 is 1.19 bits per heavy atom. The normalized spacial score (nSPS) is 12.1. The molecule has 0 bridgehead atoms. The van der Waals surface area contributed by atoms with Crippen molar-refractivity contribution in [3.63, 3.8) is 0 Å². The summed E-state index contributed by atoms with van der Waals surface area (Å²) in [6, 6.07) is 5.70. The quantitative estimate of drug-likeness (QED) is 0.879. The summed E-state index contributed by atoms with van der Waals surface area (Å²) in [4.78, 5) is 11.6. The molecule has 0 saturated carbocycles. The molecule has 0 atom stereocenters. The summed E-state index contributed by atoms with van der Waals surface area (Å²) in [6.45, 7) is 5.79. The van der Waals surface area contributed by atoms with Crippen LogP contribution in [0.15, 0.2) is 24.3 Å². The van der Waals surface area contributed by atoms with Crippen LogP contribution in [0.5, 0.6) is 5.75 Å². The van der Waals surface area contributed by atoms with Crippen molar-refractivity contribution in [3.8, 4) is 5.75 Å². The van der Waals surface area contributed by atoms with Crippen molar-refractivity contribution < 1.29 is 22.7 Å². The molecule has 0 aliphatic carbocycles. The summed E-state index contributed by atoms with van der Waals surface area (Å²) >= 11 is 0. The number of hydrogen-bond acceptors (Lipinski definition) is 3. The van der Waals surface area contributed by atoms with E-state index in [9.17, 15) is 18.0 Å². The van der Waals surface area contributed by atoms with E-state index >= 15 is 0 Å². The molecule has 0 aliphatic rings. The van der Waals surface area contributed by atoms with Gasteiger partial charge in [-0.25, -0.2) is 0 Å². The van der Waals surface area contributed by atoms with E-state index < -0.39 is 6.36 Å². The smallest absolute Gasteiger partial charge is 0.405 e. The van der Waals surface area contributed by atoms with Crippen LogP contribution >= 0.6 is 0 Å². The van der Waals surface area contributed by atoms with Crippen molar-refractivity contribution in [2.45, 2.75) is 39.2 Å². The number of carbonyl (C=O) groups is 1. The van der Waals surface area contributed by atoms with E-state index in [1.54, 1.807) is 6.07 Å². The van der Waals surface area contributed by atoms with Gasteiger partial charge in [-0.15, -0.1) is 13.2 Å². The molecule has 0 spiro atoms. The Kier molecular flexibility index (Phi) is 5.60. The predicted molar refractivity (Wildman–Crippen MR) is 72.7 cm³/mol. The lowest BCUT2D eigenvalue weighted by Crippen LogP contribution is -2.43. The van der Waals surface area contributed by atoms with E-state index in [0.717, 1.165) is 0 Å². The molecule has 0 saturated heterocycles. The van der Waals surface area contributed by atoms with E-state index in [1.165, 1.54) is 18.2 Å². The Hall–Kier alpha value is -1.76. The number of carbonyl (C=O) groups excluding carboxylic acids is 1. The molecule has 1 rings (SSSR count). The molecule has 0 aromatic heterocycles. The summed E-state index contributed by atoms with van der Waals surface area (Å²) in [5.41, 5.74) is 0.0493. The van der Waals surface area contributed by atoms with Crippen LogP contribution < -0.4 is 15.4 Å². The number of alkyl halides is 3. The van der Waals surface area contributed by atoms with Crippen LogP contribution in [0.3, 0.4) is 0 Å². The Morgan fingerprint density at radius 2 is 1.81 bits per heavy atom. The lowest BCUT2D eigenvalue weighted by Gasteiger charge is -2.20. The minimum atomic E-state index is -4.76. The number of halogens is 3. The maximum Gasteiger partial charge on any atom is 0.573 e. The summed E-state index contributed by atoms with van der Waals surface area (Å²) < 4.78 is 40.7. The standard InChI is InChI=1S/C14H19F3N2O2/c1-13(2,3)19-9-12(20)18-8-10-6-4-5-7-11(10)21-14(15,16)17/h4-7,19H,8-9H2,1-3H3,(H,18,20). The van der Waals surface area contributed by atoms with Crippen LogP contribution in [0.25, 0.3) is 0 Å². The molecule has 1 amide bonds. The summed E-state index contributed by atoms with van der Waals surface area (Å²) in [5, 5.41) is 5.54. The first-order valence-corrected chi connectivity index (χ1v) is 6.42. The summed E-state index contributed by atoms with van der Waals surface area (Å²) in [6.07, 6.45) is -4.76.